The fourth-order valence-electron chi connectivity index (χ4n) is 7.42. The number of carbonyl (C=O) groups is 1. The number of benzene rings is 2. The van der Waals surface area contributed by atoms with Crippen LogP contribution in [0.2, 0.25) is 0 Å². The summed E-state index contributed by atoms with van der Waals surface area (Å²) in [7, 11) is 0. The Balaban J connectivity index is 1.23. The third-order valence-corrected chi connectivity index (χ3v) is 9.93. The zero-order valence-corrected chi connectivity index (χ0v) is 22.4. The van der Waals surface area contributed by atoms with Gasteiger partial charge < -0.3 is 20.2 Å². The van der Waals surface area contributed by atoms with Crippen LogP contribution in [0.4, 0.5) is 0 Å². The number of rotatable bonds is 6. The van der Waals surface area contributed by atoms with Crippen LogP contribution in [-0.4, -0.2) is 68.3 Å². The molecule has 2 aromatic carbocycles. The van der Waals surface area contributed by atoms with Crippen molar-refractivity contribution < 1.29 is 20.1 Å². The number of piperidine rings is 1. The summed E-state index contributed by atoms with van der Waals surface area (Å²) in [6, 6.07) is 15.2. The number of aliphatic hydroxyl groups is 1. The number of carbonyl (C=O) groups excluding carboxylic acids is 1. The van der Waals surface area contributed by atoms with Gasteiger partial charge in [0.1, 0.15) is 0 Å². The van der Waals surface area contributed by atoms with Crippen LogP contribution in [0.1, 0.15) is 63.0 Å². The standard InChI is InChI=1S/C32H40N2O4/c1-31-14-16-33(21-23-7-8-23)29(19-24-9-10-27(35)28(36)18-24)32(31,38)13-11-26(20-31)34-15-12-25(30(34)37)17-22-5-3-2-4-6-22/h2-6,9-10,17-18,23,26,29,35-36,38H,7-8,11-16,19-21H2,1H3/b25-17+/t26?,29-,31?,32?/m1/s1. The molecule has 0 radical (unpaired) electrons. The fourth-order valence-corrected chi connectivity index (χ4v) is 7.42. The van der Waals surface area contributed by atoms with Gasteiger partial charge in [-0.05, 0) is 93.2 Å². The largest absolute Gasteiger partial charge is 0.504 e. The molecule has 6 heteroatoms. The molecule has 4 atom stereocenters. The van der Waals surface area contributed by atoms with Crippen molar-refractivity contribution in [3.05, 3.63) is 65.2 Å². The second-order valence-corrected chi connectivity index (χ2v) is 12.4. The lowest BCUT2D eigenvalue weighted by Gasteiger charge is -2.61. The van der Waals surface area contributed by atoms with E-state index in [0.717, 1.165) is 62.0 Å². The minimum atomic E-state index is -0.879. The number of phenols is 2. The average molecular weight is 517 g/mol. The van der Waals surface area contributed by atoms with Crippen LogP contribution < -0.4 is 0 Å². The van der Waals surface area contributed by atoms with Gasteiger partial charge in [0.25, 0.3) is 0 Å². The summed E-state index contributed by atoms with van der Waals surface area (Å²) in [4.78, 5) is 18.0. The molecule has 2 aliphatic heterocycles. The summed E-state index contributed by atoms with van der Waals surface area (Å²) in [5, 5.41) is 32.4. The molecule has 0 spiro atoms. The molecule has 2 saturated heterocycles. The maximum atomic E-state index is 13.4. The molecule has 0 bridgehead atoms. The molecule has 0 aromatic heterocycles. The molecule has 2 saturated carbocycles. The number of nitrogens with zero attached hydrogens (tertiary/aromatic N) is 2. The SMILES string of the molecule is CC12CCN(CC3CC3)[C@H](Cc3ccc(O)c(O)c3)C1(O)CCC(N1CC/C(=C\c3ccccc3)C1=O)C2. The number of amides is 1. The molecular formula is C32H40N2O4. The van der Waals surface area contributed by atoms with E-state index < -0.39 is 5.60 Å². The van der Waals surface area contributed by atoms with Gasteiger partial charge in [-0.3, -0.25) is 9.69 Å². The molecule has 3 unspecified atom stereocenters. The summed E-state index contributed by atoms with van der Waals surface area (Å²) in [6.45, 7) is 4.93. The number of fused-ring (bicyclic) bond motifs is 1. The molecule has 4 fully saturated rings. The van der Waals surface area contributed by atoms with Gasteiger partial charge in [-0.2, -0.15) is 0 Å². The fraction of sp³-hybridized carbons (Fsp3) is 0.531. The van der Waals surface area contributed by atoms with E-state index in [1.165, 1.54) is 12.8 Å². The Labute approximate surface area is 225 Å². The van der Waals surface area contributed by atoms with Gasteiger partial charge in [0.05, 0.1) is 5.60 Å². The Morgan fingerprint density at radius 2 is 1.79 bits per heavy atom. The zero-order chi connectivity index (χ0) is 26.5. The maximum Gasteiger partial charge on any atom is 0.250 e. The van der Waals surface area contributed by atoms with Gasteiger partial charge in [-0.1, -0.05) is 43.3 Å². The molecule has 2 aliphatic carbocycles. The van der Waals surface area contributed by atoms with Gasteiger partial charge in [0.2, 0.25) is 5.91 Å². The lowest BCUT2D eigenvalue weighted by molar-refractivity contribution is -0.198. The third kappa shape index (κ3) is 4.62. The predicted molar refractivity (Wildman–Crippen MR) is 148 cm³/mol. The summed E-state index contributed by atoms with van der Waals surface area (Å²) in [5.41, 5.74) is 1.69. The van der Waals surface area contributed by atoms with Crippen LogP contribution >= 0.6 is 0 Å². The van der Waals surface area contributed by atoms with Crippen molar-refractivity contribution in [1.29, 1.82) is 0 Å². The van der Waals surface area contributed by atoms with Gasteiger partial charge >= 0.3 is 0 Å². The predicted octanol–water partition coefficient (Wildman–Crippen LogP) is 4.73. The van der Waals surface area contributed by atoms with Crippen LogP contribution in [0, 0.1) is 11.3 Å². The minimum Gasteiger partial charge on any atom is -0.504 e. The van der Waals surface area contributed by atoms with E-state index in [1.807, 2.05) is 42.5 Å². The van der Waals surface area contributed by atoms with Gasteiger partial charge in [0, 0.05) is 36.2 Å². The molecule has 202 valence electrons. The van der Waals surface area contributed by atoms with Crippen molar-refractivity contribution in [2.45, 2.75) is 76.0 Å². The monoisotopic (exact) mass is 516 g/mol. The number of likely N-dealkylation sites (tertiary alicyclic amines) is 2. The summed E-state index contributed by atoms with van der Waals surface area (Å²) in [5.74, 6) is 0.631. The quantitative estimate of drug-likeness (QED) is 0.382. The first kappa shape index (κ1) is 25.4. The maximum absolute atomic E-state index is 13.4. The highest BCUT2D eigenvalue weighted by atomic mass is 16.3. The van der Waals surface area contributed by atoms with Gasteiger partial charge in [-0.25, -0.2) is 0 Å². The topological polar surface area (TPSA) is 84.2 Å². The van der Waals surface area contributed by atoms with Gasteiger partial charge in [-0.15, -0.1) is 0 Å². The summed E-state index contributed by atoms with van der Waals surface area (Å²) >= 11 is 0. The Hall–Kier alpha value is -2.83. The van der Waals surface area contributed by atoms with E-state index >= 15 is 0 Å². The Morgan fingerprint density at radius 3 is 2.53 bits per heavy atom. The van der Waals surface area contributed by atoms with Crippen molar-refractivity contribution in [2.75, 3.05) is 19.6 Å². The smallest absolute Gasteiger partial charge is 0.250 e. The van der Waals surface area contributed by atoms with Gasteiger partial charge in [0.15, 0.2) is 11.5 Å². The number of hydrogen-bond donors (Lipinski definition) is 3. The normalized spacial score (nSPS) is 33.1. The number of phenolic OH excluding ortho intramolecular Hbond substituents is 2. The van der Waals surface area contributed by atoms with Crippen molar-refractivity contribution in [3.8, 4) is 11.5 Å². The first-order valence-electron chi connectivity index (χ1n) is 14.3. The molecule has 2 heterocycles. The van der Waals surface area contributed by atoms with E-state index in [0.29, 0.717) is 18.8 Å². The average Bonchev–Trinajstić information content (AvgIpc) is 3.66. The van der Waals surface area contributed by atoms with Crippen LogP contribution in [0.25, 0.3) is 6.08 Å². The molecular weight excluding hydrogens is 476 g/mol. The lowest BCUT2D eigenvalue weighted by Crippen LogP contribution is -2.69. The molecule has 1 amide bonds. The second kappa shape index (κ2) is 9.73. The van der Waals surface area contributed by atoms with Crippen molar-refractivity contribution in [2.24, 2.45) is 11.3 Å². The van der Waals surface area contributed by atoms with E-state index in [4.69, 9.17) is 0 Å². The van der Waals surface area contributed by atoms with E-state index in [9.17, 15) is 20.1 Å². The molecule has 4 aliphatic rings. The first-order valence-corrected chi connectivity index (χ1v) is 14.3. The van der Waals surface area contributed by atoms with E-state index in [-0.39, 0.29) is 34.9 Å². The molecule has 38 heavy (non-hydrogen) atoms. The Kier molecular flexibility index (Phi) is 6.51. The van der Waals surface area contributed by atoms with E-state index in [1.54, 1.807) is 12.1 Å². The Morgan fingerprint density at radius 1 is 1.00 bits per heavy atom. The van der Waals surface area contributed by atoms with Crippen LogP contribution in [0.3, 0.4) is 0 Å². The highest BCUT2D eigenvalue weighted by Crippen LogP contribution is 2.54. The van der Waals surface area contributed by atoms with Crippen LogP contribution in [-0.2, 0) is 11.2 Å². The molecule has 6 nitrogen and oxygen atoms in total. The third-order valence-electron chi connectivity index (χ3n) is 9.93. The van der Waals surface area contributed by atoms with Crippen molar-refractivity contribution in [3.63, 3.8) is 0 Å². The van der Waals surface area contributed by atoms with E-state index in [2.05, 4.69) is 16.7 Å². The first-order chi connectivity index (χ1) is 18.3. The number of hydrogen-bond acceptors (Lipinski definition) is 5. The summed E-state index contributed by atoms with van der Waals surface area (Å²) < 4.78 is 0. The highest BCUT2D eigenvalue weighted by Gasteiger charge is 2.60. The lowest BCUT2D eigenvalue weighted by atomic mass is 9.55. The van der Waals surface area contributed by atoms with Crippen molar-refractivity contribution >= 4 is 12.0 Å². The van der Waals surface area contributed by atoms with Crippen molar-refractivity contribution in [1.82, 2.24) is 9.80 Å². The minimum absolute atomic E-state index is 0.0606. The zero-order valence-electron chi connectivity index (χ0n) is 22.4. The number of aromatic hydroxyl groups is 2. The van der Waals surface area contributed by atoms with Crippen LogP contribution in [0.15, 0.2) is 54.1 Å². The molecule has 3 N–H and O–H groups in total. The second-order valence-electron chi connectivity index (χ2n) is 12.4. The molecule has 6 rings (SSSR count). The Bertz CT molecular complexity index is 1230. The molecule has 2 aromatic rings. The highest BCUT2D eigenvalue weighted by molar-refractivity contribution is 6.00. The summed E-state index contributed by atoms with van der Waals surface area (Å²) in [6.07, 6.45) is 9.13. The van der Waals surface area contributed by atoms with Crippen LogP contribution in [0.5, 0.6) is 11.5 Å².